The van der Waals surface area contributed by atoms with Crippen molar-refractivity contribution in [2.45, 2.75) is 19.7 Å². The van der Waals surface area contributed by atoms with E-state index in [2.05, 4.69) is 28.9 Å². The summed E-state index contributed by atoms with van der Waals surface area (Å²) in [6, 6.07) is 3.86. The van der Waals surface area contributed by atoms with Crippen LogP contribution in [-0.2, 0) is 5.88 Å². The van der Waals surface area contributed by atoms with E-state index in [1.54, 1.807) is 0 Å². The van der Waals surface area contributed by atoms with Gasteiger partial charge in [-0.2, -0.15) is 5.10 Å². The third-order valence-electron chi connectivity index (χ3n) is 1.87. The Morgan fingerprint density at radius 3 is 2.50 bits per heavy atom. The Hall–Kier alpha value is -0.830. The van der Waals surface area contributed by atoms with Crippen LogP contribution in [0.25, 0.3) is 0 Å². The zero-order chi connectivity index (χ0) is 10.6. The Morgan fingerprint density at radius 1 is 1.36 bits per heavy atom. The number of nitrogens with zero attached hydrogens (tertiary/aromatic N) is 3. The standard InChI is InChI=1S/C10H16ClN3/c1-8(2)7-14(3)10-5-4-9(6-11)12-13-10/h4-5,8H,6-7H2,1-3H3. The number of halogens is 1. The highest BCUT2D eigenvalue weighted by Crippen LogP contribution is 2.10. The fourth-order valence-corrected chi connectivity index (χ4v) is 1.41. The van der Waals surface area contributed by atoms with Crippen LogP contribution in [0.4, 0.5) is 5.82 Å². The first kappa shape index (κ1) is 11.2. The van der Waals surface area contributed by atoms with Gasteiger partial charge in [-0.3, -0.25) is 0 Å². The van der Waals surface area contributed by atoms with Gasteiger partial charge in [0.15, 0.2) is 5.82 Å². The number of hydrogen-bond acceptors (Lipinski definition) is 3. The number of aromatic nitrogens is 2. The maximum atomic E-state index is 5.63. The minimum atomic E-state index is 0.418. The highest BCUT2D eigenvalue weighted by Gasteiger charge is 2.04. The van der Waals surface area contributed by atoms with Crippen LogP contribution in [0.3, 0.4) is 0 Å². The highest BCUT2D eigenvalue weighted by atomic mass is 35.5. The molecule has 1 aromatic heterocycles. The molecular weight excluding hydrogens is 198 g/mol. The maximum absolute atomic E-state index is 5.63. The second-order valence-electron chi connectivity index (χ2n) is 3.79. The fourth-order valence-electron chi connectivity index (χ4n) is 1.27. The lowest BCUT2D eigenvalue weighted by Gasteiger charge is -2.19. The third-order valence-corrected chi connectivity index (χ3v) is 2.15. The molecule has 4 heteroatoms. The molecule has 0 bridgehead atoms. The molecule has 0 saturated carbocycles. The van der Waals surface area contributed by atoms with Gasteiger partial charge in [-0.25, -0.2) is 0 Å². The summed E-state index contributed by atoms with van der Waals surface area (Å²) in [5.41, 5.74) is 0.813. The van der Waals surface area contributed by atoms with E-state index < -0.39 is 0 Å². The molecule has 0 saturated heterocycles. The summed E-state index contributed by atoms with van der Waals surface area (Å²) >= 11 is 5.63. The van der Waals surface area contributed by atoms with Crippen LogP contribution < -0.4 is 4.90 Å². The molecule has 0 aliphatic rings. The highest BCUT2D eigenvalue weighted by molar-refractivity contribution is 6.16. The summed E-state index contributed by atoms with van der Waals surface area (Å²) < 4.78 is 0. The van der Waals surface area contributed by atoms with Gasteiger partial charge in [0.05, 0.1) is 11.6 Å². The third kappa shape index (κ3) is 3.14. The smallest absolute Gasteiger partial charge is 0.150 e. The largest absolute Gasteiger partial charge is 0.358 e. The summed E-state index contributed by atoms with van der Waals surface area (Å²) in [7, 11) is 2.02. The first-order valence-electron chi connectivity index (χ1n) is 4.73. The monoisotopic (exact) mass is 213 g/mol. The molecule has 0 fully saturated rings. The number of rotatable bonds is 4. The van der Waals surface area contributed by atoms with E-state index in [-0.39, 0.29) is 0 Å². The van der Waals surface area contributed by atoms with Gasteiger partial charge in [-0.1, -0.05) is 13.8 Å². The molecule has 1 aromatic rings. The average molecular weight is 214 g/mol. The summed E-state index contributed by atoms with van der Waals surface area (Å²) in [6.07, 6.45) is 0. The molecular formula is C10H16ClN3. The Kier molecular flexibility index (Phi) is 4.14. The molecule has 0 spiro atoms. The van der Waals surface area contributed by atoms with Crippen LogP contribution in [0.5, 0.6) is 0 Å². The van der Waals surface area contributed by atoms with Crippen molar-refractivity contribution >= 4 is 17.4 Å². The first-order valence-corrected chi connectivity index (χ1v) is 5.26. The van der Waals surface area contributed by atoms with E-state index in [0.717, 1.165) is 18.1 Å². The van der Waals surface area contributed by atoms with Gasteiger partial charge in [0.25, 0.3) is 0 Å². The maximum Gasteiger partial charge on any atom is 0.150 e. The first-order chi connectivity index (χ1) is 6.63. The van der Waals surface area contributed by atoms with Crippen LogP contribution in [-0.4, -0.2) is 23.8 Å². The molecule has 14 heavy (non-hydrogen) atoms. The Morgan fingerprint density at radius 2 is 2.07 bits per heavy atom. The number of hydrogen-bond donors (Lipinski definition) is 0. The average Bonchev–Trinajstić information content (AvgIpc) is 2.17. The summed E-state index contributed by atoms with van der Waals surface area (Å²) in [6.45, 7) is 5.34. The van der Waals surface area contributed by atoms with Gasteiger partial charge in [0.1, 0.15) is 0 Å². The van der Waals surface area contributed by atoms with Gasteiger partial charge < -0.3 is 4.90 Å². The molecule has 0 atom stereocenters. The predicted octanol–water partition coefficient (Wildman–Crippen LogP) is 2.31. The van der Waals surface area contributed by atoms with Crippen LogP contribution in [0, 0.1) is 5.92 Å². The molecule has 0 aromatic carbocycles. The van der Waals surface area contributed by atoms with Crippen molar-refractivity contribution in [1.82, 2.24) is 10.2 Å². The SMILES string of the molecule is CC(C)CN(C)c1ccc(CCl)nn1. The van der Waals surface area contributed by atoms with Crippen molar-refractivity contribution in [2.24, 2.45) is 5.92 Å². The van der Waals surface area contributed by atoms with Gasteiger partial charge in [0, 0.05) is 13.6 Å². The lowest BCUT2D eigenvalue weighted by molar-refractivity contribution is 0.632. The van der Waals surface area contributed by atoms with Crippen molar-refractivity contribution < 1.29 is 0 Å². The molecule has 0 aliphatic heterocycles. The van der Waals surface area contributed by atoms with E-state index in [4.69, 9.17) is 11.6 Å². The van der Waals surface area contributed by atoms with E-state index in [9.17, 15) is 0 Å². The van der Waals surface area contributed by atoms with Crippen LogP contribution >= 0.6 is 11.6 Å². The minimum absolute atomic E-state index is 0.418. The van der Waals surface area contributed by atoms with Crippen molar-refractivity contribution in [3.05, 3.63) is 17.8 Å². The van der Waals surface area contributed by atoms with Crippen LogP contribution in [0.1, 0.15) is 19.5 Å². The van der Waals surface area contributed by atoms with E-state index in [0.29, 0.717) is 11.8 Å². The van der Waals surface area contributed by atoms with Crippen molar-refractivity contribution in [3.63, 3.8) is 0 Å². The van der Waals surface area contributed by atoms with E-state index >= 15 is 0 Å². The molecule has 78 valence electrons. The molecule has 0 amide bonds. The summed E-state index contributed by atoms with van der Waals surface area (Å²) in [4.78, 5) is 2.09. The van der Waals surface area contributed by atoms with Crippen molar-refractivity contribution in [1.29, 1.82) is 0 Å². The zero-order valence-electron chi connectivity index (χ0n) is 8.87. The molecule has 1 heterocycles. The van der Waals surface area contributed by atoms with Crippen molar-refractivity contribution in [3.8, 4) is 0 Å². The minimum Gasteiger partial charge on any atom is -0.358 e. The van der Waals surface area contributed by atoms with Crippen LogP contribution in [0.15, 0.2) is 12.1 Å². The fraction of sp³-hybridized carbons (Fsp3) is 0.600. The zero-order valence-corrected chi connectivity index (χ0v) is 9.62. The summed E-state index contributed by atoms with van der Waals surface area (Å²) in [5, 5.41) is 8.10. The van der Waals surface area contributed by atoms with Gasteiger partial charge >= 0.3 is 0 Å². The van der Waals surface area contributed by atoms with Gasteiger partial charge in [-0.05, 0) is 18.1 Å². The van der Waals surface area contributed by atoms with Gasteiger partial charge in [-0.15, -0.1) is 16.7 Å². The lowest BCUT2D eigenvalue weighted by atomic mass is 10.2. The molecule has 0 radical (unpaired) electrons. The molecule has 3 nitrogen and oxygen atoms in total. The van der Waals surface area contributed by atoms with Crippen molar-refractivity contribution in [2.75, 3.05) is 18.5 Å². The quantitative estimate of drug-likeness (QED) is 0.719. The molecule has 0 aliphatic carbocycles. The molecule has 0 unspecified atom stereocenters. The Labute approximate surface area is 90.1 Å². The lowest BCUT2D eigenvalue weighted by Crippen LogP contribution is -2.23. The molecule has 1 rings (SSSR count). The van der Waals surface area contributed by atoms with Crippen LogP contribution in [0.2, 0.25) is 0 Å². The van der Waals surface area contributed by atoms with Gasteiger partial charge in [0.2, 0.25) is 0 Å². The predicted molar refractivity (Wildman–Crippen MR) is 59.7 cm³/mol. The van der Waals surface area contributed by atoms with E-state index in [1.807, 2.05) is 19.2 Å². The second-order valence-corrected chi connectivity index (χ2v) is 4.06. The normalized spacial score (nSPS) is 10.6. The van der Waals surface area contributed by atoms with E-state index in [1.165, 1.54) is 0 Å². The summed E-state index contributed by atoms with van der Waals surface area (Å²) in [5.74, 6) is 1.93. The second kappa shape index (κ2) is 5.15. The number of anilines is 1. The molecule has 0 N–H and O–H groups in total. The Balaban J connectivity index is 2.66. The number of alkyl halides is 1. The topological polar surface area (TPSA) is 29.0 Å². The Bertz CT molecular complexity index is 271.